The lowest BCUT2D eigenvalue weighted by molar-refractivity contribution is 0.411. The molecule has 0 aliphatic rings. The van der Waals surface area contributed by atoms with E-state index in [9.17, 15) is 0 Å². The average Bonchev–Trinajstić information content (AvgIpc) is 2.16. The van der Waals surface area contributed by atoms with Crippen LogP contribution in [0.4, 0.5) is 0 Å². The zero-order valence-corrected chi connectivity index (χ0v) is 10.2. The molecule has 0 radical (unpaired) electrons. The van der Waals surface area contributed by atoms with E-state index in [0.29, 0.717) is 0 Å². The average molecular weight is 258 g/mol. The maximum atomic E-state index is 5.70. The van der Waals surface area contributed by atoms with Gasteiger partial charge in [-0.25, -0.2) is 0 Å². The molecule has 3 heteroatoms. The van der Waals surface area contributed by atoms with Crippen LogP contribution in [0.5, 0.6) is 5.75 Å². The Bertz CT molecular complexity index is 299. The highest BCUT2D eigenvalue weighted by Gasteiger charge is 2.02. The number of methoxy groups -OCH3 is 1. The summed E-state index contributed by atoms with van der Waals surface area (Å²) in [5.41, 5.74) is 6.97. The fourth-order valence-electron chi connectivity index (χ4n) is 1.25. The van der Waals surface area contributed by atoms with Gasteiger partial charge in [0.25, 0.3) is 0 Å². The Morgan fingerprint density at radius 1 is 1.50 bits per heavy atom. The molecule has 0 spiro atoms. The lowest BCUT2D eigenvalue weighted by Crippen LogP contribution is -2.15. The molecule has 0 aromatic heterocycles. The SMILES string of the molecule is COc1cc(CC[C@@H](C)N)ccc1Br. The van der Waals surface area contributed by atoms with Gasteiger partial charge < -0.3 is 10.5 Å². The summed E-state index contributed by atoms with van der Waals surface area (Å²) in [6.07, 6.45) is 2.01. The quantitative estimate of drug-likeness (QED) is 0.901. The van der Waals surface area contributed by atoms with Crippen LogP contribution in [-0.2, 0) is 6.42 Å². The van der Waals surface area contributed by atoms with Crippen molar-refractivity contribution < 1.29 is 4.74 Å². The van der Waals surface area contributed by atoms with Crippen LogP contribution in [0, 0.1) is 0 Å². The number of halogens is 1. The van der Waals surface area contributed by atoms with E-state index < -0.39 is 0 Å². The highest BCUT2D eigenvalue weighted by atomic mass is 79.9. The molecule has 0 saturated heterocycles. The lowest BCUT2D eigenvalue weighted by Gasteiger charge is -2.08. The number of rotatable bonds is 4. The van der Waals surface area contributed by atoms with Crippen LogP contribution < -0.4 is 10.5 Å². The molecule has 1 rings (SSSR count). The van der Waals surface area contributed by atoms with E-state index in [0.717, 1.165) is 23.1 Å². The second kappa shape index (κ2) is 5.37. The molecule has 78 valence electrons. The molecule has 0 amide bonds. The van der Waals surface area contributed by atoms with Gasteiger partial charge in [-0.3, -0.25) is 0 Å². The zero-order valence-electron chi connectivity index (χ0n) is 8.59. The first-order valence-corrected chi connectivity index (χ1v) is 5.50. The first-order valence-electron chi connectivity index (χ1n) is 4.71. The number of aryl methyl sites for hydroxylation is 1. The molecule has 2 nitrogen and oxygen atoms in total. The Hall–Kier alpha value is -0.540. The van der Waals surface area contributed by atoms with Crippen LogP contribution in [0.25, 0.3) is 0 Å². The molecule has 0 saturated carbocycles. The van der Waals surface area contributed by atoms with Crippen LogP contribution in [0.2, 0.25) is 0 Å². The van der Waals surface area contributed by atoms with Crippen molar-refractivity contribution in [1.82, 2.24) is 0 Å². The van der Waals surface area contributed by atoms with Gasteiger partial charge >= 0.3 is 0 Å². The van der Waals surface area contributed by atoms with Gasteiger partial charge in [-0.1, -0.05) is 6.07 Å². The van der Waals surface area contributed by atoms with E-state index in [4.69, 9.17) is 10.5 Å². The fourth-order valence-corrected chi connectivity index (χ4v) is 1.66. The Labute approximate surface area is 93.6 Å². The minimum absolute atomic E-state index is 0.254. The lowest BCUT2D eigenvalue weighted by atomic mass is 10.1. The van der Waals surface area contributed by atoms with Crippen LogP contribution in [0.15, 0.2) is 22.7 Å². The fraction of sp³-hybridized carbons (Fsp3) is 0.455. The maximum absolute atomic E-state index is 5.70. The minimum atomic E-state index is 0.254. The summed E-state index contributed by atoms with van der Waals surface area (Å²) in [4.78, 5) is 0. The third-order valence-corrected chi connectivity index (χ3v) is 2.76. The molecule has 0 aliphatic carbocycles. The second-order valence-electron chi connectivity index (χ2n) is 3.48. The molecule has 1 atom stereocenters. The van der Waals surface area contributed by atoms with E-state index in [-0.39, 0.29) is 6.04 Å². The Kier molecular flexibility index (Phi) is 4.42. The minimum Gasteiger partial charge on any atom is -0.496 e. The predicted molar refractivity (Wildman–Crippen MR) is 62.7 cm³/mol. The maximum Gasteiger partial charge on any atom is 0.133 e. The summed E-state index contributed by atoms with van der Waals surface area (Å²) in [7, 11) is 1.68. The topological polar surface area (TPSA) is 35.2 Å². The van der Waals surface area contributed by atoms with Crippen molar-refractivity contribution in [2.75, 3.05) is 7.11 Å². The Balaban J connectivity index is 2.69. The summed E-state index contributed by atoms with van der Waals surface area (Å²) >= 11 is 3.42. The number of hydrogen-bond donors (Lipinski definition) is 1. The molecule has 0 heterocycles. The molecule has 0 fully saturated rings. The molecular formula is C11H16BrNO. The van der Waals surface area contributed by atoms with Crippen molar-refractivity contribution in [3.63, 3.8) is 0 Å². The smallest absolute Gasteiger partial charge is 0.133 e. The Morgan fingerprint density at radius 2 is 2.21 bits per heavy atom. The van der Waals surface area contributed by atoms with E-state index in [2.05, 4.69) is 22.0 Å². The van der Waals surface area contributed by atoms with Crippen molar-refractivity contribution in [3.8, 4) is 5.75 Å². The van der Waals surface area contributed by atoms with Crippen LogP contribution in [0.1, 0.15) is 18.9 Å². The first kappa shape index (κ1) is 11.5. The monoisotopic (exact) mass is 257 g/mol. The molecular weight excluding hydrogens is 242 g/mol. The normalized spacial score (nSPS) is 12.6. The number of ether oxygens (including phenoxy) is 1. The van der Waals surface area contributed by atoms with E-state index in [1.165, 1.54) is 5.56 Å². The van der Waals surface area contributed by atoms with Crippen molar-refractivity contribution in [2.24, 2.45) is 5.73 Å². The van der Waals surface area contributed by atoms with Crippen molar-refractivity contribution >= 4 is 15.9 Å². The van der Waals surface area contributed by atoms with Crippen molar-refractivity contribution in [2.45, 2.75) is 25.8 Å². The molecule has 0 aliphatic heterocycles. The van der Waals surface area contributed by atoms with Crippen LogP contribution >= 0.6 is 15.9 Å². The summed E-state index contributed by atoms with van der Waals surface area (Å²) in [6, 6.07) is 6.40. The third-order valence-electron chi connectivity index (χ3n) is 2.10. The van der Waals surface area contributed by atoms with Gasteiger partial charge in [0, 0.05) is 6.04 Å². The summed E-state index contributed by atoms with van der Waals surface area (Å²) in [5.74, 6) is 0.882. The highest BCUT2D eigenvalue weighted by molar-refractivity contribution is 9.10. The highest BCUT2D eigenvalue weighted by Crippen LogP contribution is 2.26. The van der Waals surface area contributed by atoms with Gasteiger partial charge in [0.15, 0.2) is 0 Å². The van der Waals surface area contributed by atoms with E-state index >= 15 is 0 Å². The number of nitrogens with two attached hydrogens (primary N) is 1. The number of hydrogen-bond acceptors (Lipinski definition) is 2. The predicted octanol–water partition coefficient (Wildman–Crippen LogP) is 2.74. The zero-order chi connectivity index (χ0) is 10.6. The molecule has 1 aromatic rings. The largest absolute Gasteiger partial charge is 0.496 e. The van der Waals surface area contributed by atoms with Crippen molar-refractivity contribution in [3.05, 3.63) is 28.2 Å². The standard InChI is InChI=1S/C11H16BrNO/c1-8(13)3-4-9-5-6-10(12)11(7-9)14-2/h5-8H,3-4,13H2,1-2H3/t8-/m1/s1. The van der Waals surface area contributed by atoms with Crippen molar-refractivity contribution in [1.29, 1.82) is 0 Å². The molecule has 1 aromatic carbocycles. The summed E-state index contributed by atoms with van der Waals surface area (Å²) < 4.78 is 6.20. The molecule has 2 N–H and O–H groups in total. The Morgan fingerprint density at radius 3 is 2.79 bits per heavy atom. The van der Waals surface area contributed by atoms with Crippen LogP contribution in [0.3, 0.4) is 0 Å². The van der Waals surface area contributed by atoms with E-state index in [1.807, 2.05) is 19.1 Å². The van der Waals surface area contributed by atoms with Gasteiger partial charge in [0.1, 0.15) is 5.75 Å². The molecule has 0 bridgehead atoms. The van der Waals surface area contributed by atoms with E-state index in [1.54, 1.807) is 7.11 Å². The third kappa shape index (κ3) is 3.31. The summed E-state index contributed by atoms with van der Waals surface area (Å²) in [5, 5.41) is 0. The van der Waals surface area contributed by atoms with Gasteiger partial charge in [0.05, 0.1) is 11.6 Å². The van der Waals surface area contributed by atoms with Gasteiger partial charge in [0.2, 0.25) is 0 Å². The molecule has 0 unspecified atom stereocenters. The second-order valence-corrected chi connectivity index (χ2v) is 4.34. The molecule has 14 heavy (non-hydrogen) atoms. The summed E-state index contributed by atoms with van der Waals surface area (Å²) in [6.45, 7) is 2.02. The van der Waals surface area contributed by atoms with Gasteiger partial charge in [-0.05, 0) is 53.4 Å². The van der Waals surface area contributed by atoms with Gasteiger partial charge in [-0.2, -0.15) is 0 Å². The van der Waals surface area contributed by atoms with Gasteiger partial charge in [-0.15, -0.1) is 0 Å². The first-order chi connectivity index (χ1) is 6.63. The number of benzene rings is 1. The van der Waals surface area contributed by atoms with Crippen LogP contribution in [-0.4, -0.2) is 13.2 Å².